The highest BCUT2D eigenvalue weighted by atomic mass is 32.1. The van der Waals surface area contributed by atoms with Crippen LogP contribution >= 0.6 is 34.0 Å². The molecule has 29 heavy (non-hydrogen) atoms. The summed E-state index contributed by atoms with van der Waals surface area (Å²) in [6, 6.07) is 17.7. The van der Waals surface area contributed by atoms with Crippen molar-refractivity contribution in [3.05, 3.63) is 64.3 Å². The van der Waals surface area contributed by atoms with E-state index in [2.05, 4.69) is 16.0 Å². The molecule has 0 saturated carbocycles. The minimum atomic E-state index is -0.239. The van der Waals surface area contributed by atoms with E-state index in [1.807, 2.05) is 60.1 Å². The molecule has 5 rings (SSSR count). The number of benzene rings is 2. The number of methoxy groups -OCH3 is 1. The van der Waals surface area contributed by atoms with Crippen LogP contribution < -0.4 is 9.54 Å². The lowest BCUT2D eigenvalue weighted by atomic mass is 10.3. The predicted molar refractivity (Wildman–Crippen MR) is 120 cm³/mol. The van der Waals surface area contributed by atoms with Crippen LogP contribution in [-0.4, -0.2) is 22.6 Å². The maximum Gasteiger partial charge on any atom is 0.289 e. The standard InChI is InChI=1S/C21H15N3O2S3/c1-24-14-8-7-12(26-2)11-18(14)29-21(24)23-19(25)16-9-10-17(27-16)20-22-13-5-3-4-6-15(13)28-20/h3-11H,1-2H3. The second-order valence-corrected chi connectivity index (χ2v) is 9.47. The molecule has 0 radical (unpaired) electrons. The molecule has 0 saturated heterocycles. The zero-order valence-electron chi connectivity index (χ0n) is 15.6. The quantitative estimate of drug-likeness (QED) is 0.383. The number of amides is 1. The van der Waals surface area contributed by atoms with Crippen molar-refractivity contribution in [1.29, 1.82) is 0 Å². The Labute approximate surface area is 178 Å². The molecule has 3 aromatic heterocycles. The van der Waals surface area contributed by atoms with Crippen molar-refractivity contribution in [2.45, 2.75) is 0 Å². The molecule has 2 aromatic carbocycles. The number of thiazole rings is 2. The number of thiophene rings is 1. The van der Waals surface area contributed by atoms with Crippen LogP contribution in [-0.2, 0) is 7.05 Å². The van der Waals surface area contributed by atoms with Gasteiger partial charge in [0.2, 0.25) is 0 Å². The number of ether oxygens (including phenoxy) is 1. The molecule has 0 aliphatic rings. The monoisotopic (exact) mass is 437 g/mol. The van der Waals surface area contributed by atoms with Gasteiger partial charge in [-0.2, -0.15) is 4.99 Å². The summed E-state index contributed by atoms with van der Waals surface area (Å²) in [6.07, 6.45) is 0. The number of carbonyl (C=O) groups is 1. The molecule has 0 bridgehead atoms. The number of aryl methyl sites for hydroxylation is 1. The maximum atomic E-state index is 12.8. The molecule has 0 aliphatic heterocycles. The molecule has 1 amide bonds. The van der Waals surface area contributed by atoms with E-state index in [4.69, 9.17) is 4.74 Å². The first-order chi connectivity index (χ1) is 14.1. The number of hydrogen-bond acceptors (Lipinski definition) is 6. The van der Waals surface area contributed by atoms with Crippen molar-refractivity contribution in [2.24, 2.45) is 12.0 Å². The number of para-hydroxylation sites is 1. The third-order valence-corrected chi connectivity index (χ3v) is 7.91. The van der Waals surface area contributed by atoms with Gasteiger partial charge in [-0.05, 0) is 42.5 Å². The van der Waals surface area contributed by atoms with Gasteiger partial charge < -0.3 is 9.30 Å². The smallest absolute Gasteiger partial charge is 0.289 e. The van der Waals surface area contributed by atoms with Crippen LogP contribution in [0.1, 0.15) is 9.67 Å². The summed E-state index contributed by atoms with van der Waals surface area (Å²) < 4.78 is 9.38. The van der Waals surface area contributed by atoms with Gasteiger partial charge in [-0.25, -0.2) is 4.98 Å². The summed E-state index contributed by atoms with van der Waals surface area (Å²) in [4.78, 5) is 24.1. The van der Waals surface area contributed by atoms with Gasteiger partial charge in [-0.1, -0.05) is 23.5 Å². The molecule has 0 unspecified atom stereocenters. The zero-order chi connectivity index (χ0) is 20.0. The summed E-state index contributed by atoms with van der Waals surface area (Å²) in [5, 5.41) is 0.926. The Morgan fingerprint density at radius 1 is 1.03 bits per heavy atom. The zero-order valence-corrected chi connectivity index (χ0v) is 18.0. The minimum absolute atomic E-state index is 0.239. The van der Waals surface area contributed by atoms with E-state index in [9.17, 15) is 4.79 Å². The van der Waals surface area contributed by atoms with Crippen LogP contribution in [0.2, 0.25) is 0 Å². The summed E-state index contributed by atoms with van der Waals surface area (Å²) in [5.41, 5.74) is 2.00. The molecule has 0 aliphatic carbocycles. The number of aromatic nitrogens is 2. The van der Waals surface area contributed by atoms with Crippen LogP contribution in [0.4, 0.5) is 0 Å². The van der Waals surface area contributed by atoms with Crippen LogP contribution in [0.25, 0.3) is 30.3 Å². The Kier molecular flexibility index (Phi) is 4.54. The summed E-state index contributed by atoms with van der Waals surface area (Å²) in [5.74, 6) is 0.549. The molecule has 0 N–H and O–H groups in total. The normalized spacial score (nSPS) is 12.1. The fraction of sp³-hybridized carbons (Fsp3) is 0.0952. The van der Waals surface area contributed by atoms with E-state index in [1.54, 1.807) is 18.4 Å². The molecule has 144 valence electrons. The van der Waals surface area contributed by atoms with E-state index in [-0.39, 0.29) is 5.91 Å². The van der Waals surface area contributed by atoms with Gasteiger partial charge in [0.15, 0.2) is 4.80 Å². The van der Waals surface area contributed by atoms with Crippen molar-refractivity contribution >= 4 is 60.4 Å². The van der Waals surface area contributed by atoms with Crippen LogP contribution in [0, 0.1) is 0 Å². The SMILES string of the molecule is COc1ccc2c(c1)sc(=NC(=O)c1ccc(-c3nc4ccccc4s3)s1)n2C. The Morgan fingerprint density at radius 3 is 2.72 bits per heavy atom. The van der Waals surface area contributed by atoms with Crippen LogP contribution in [0.3, 0.4) is 0 Å². The molecule has 0 spiro atoms. The number of nitrogens with zero attached hydrogens (tertiary/aromatic N) is 3. The van der Waals surface area contributed by atoms with Gasteiger partial charge in [-0.15, -0.1) is 22.7 Å². The highest BCUT2D eigenvalue weighted by Gasteiger charge is 2.14. The van der Waals surface area contributed by atoms with E-state index >= 15 is 0 Å². The second kappa shape index (κ2) is 7.22. The van der Waals surface area contributed by atoms with Crippen molar-refractivity contribution in [1.82, 2.24) is 9.55 Å². The van der Waals surface area contributed by atoms with Crippen LogP contribution in [0.15, 0.2) is 59.6 Å². The van der Waals surface area contributed by atoms with Crippen molar-refractivity contribution in [2.75, 3.05) is 7.11 Å². The Bertz CT molecular complexity index is 1410. The van der Waals surface area contributed by atoms with Crippen molar-refractivity contribution in [3.63, 3.8) is 0 Å². The third-order valence-electron chi connectivity index (χ3n) is 4.54. The summed E-state index contributed by atoms with van der Waals surface area (Å²) >= 11 is 4.53. The van der Waals surface area contributed by atoms with Gasteiger partial charge >= 0.3 is 0 Å². The summed E-state index contributed by atoms with van der Waals surface area (Å²) in [6.45, 7) is 0. The average molecular weight is 438 g/mol. The Morgan fingerprint density at radius 2 is 1.90 bits per heavy atom. The lowest BCUT2D eigenvalue weighted by molar-refractivity contribution is 0.100. The number of rotatable bonds is 3. The van der Waals surface area contributed by atoms with Crippen LogP contribution in [0.5, 0.6) is 5.75 Å². The molecular weight excluding hydrogens is 422 g/mol. The summed E-state index contributed by atoms with van der Waals surface area (Å²) in [7, 11) is 3.56. The first kappa shape index (κ1) is 18.2. The largest absolute Gasteiger partial charge is 0.497 e. The van der Waals surface area contributed by atoms with Crippen molar-refractivity contribution in [3.8, 4) is 15.6 Å². The highest BCUT2D eigenvalue weighted by molar-refractivity contribution is 7.26. The maximum absolute atomic E-state index is 12.8. The van der Waals surface area contributed by atoms with E-state index < -0.39 is 0 Å². The predicted octanol–water partition coefficient (Wildman–Crippen LogP) is 5.33. The van der Waals surface area contributed by atoms with Gasteiger partial charge in [0.05, 0.1) is 37.3 Å². The minimum Gasteiger partial charge on any atom is -0.497 e. The van der Waals surface area contributed by atoms with E-state index in [1.165, 1.54) is 22.7 Å². The molecule has 5 aromatic rings. The lowest BCUT2D eigenvalue weighted by Crippen LogP contribution is -2.12. The van der Waals surface area contributed by atoms with Gasteiger partial charge in [0.25, 0.3) is 5.91 Å². The van der Waals surface area contributed by atoms with Gasteiger partial charge in [0.1, 0.15) is 10.8 Å². The van der Waals surface area contributed by atoms with Crippen molar-refractivity contribution < 1.29 is 9.53 Å². The number of carbonyl (C=O) groups excluding carboxylic acids is 1. The third kappa shape index (κ3) is 3.29. The Balaban J connectivity index is 1.50. The second-order valence-electron chi connectivity index (χ2n) is 6.34. The average Bonchev–Trinajstić information content (AvgIpc) is 3.45. The number of hydrogen-bond donors (Lipinski definition) is 0. The topological polar surface area (TPSA) is 56.5 Å². The molecule has 0 fully saturated rings. The highest BCUT2D eigenvalue weighted by Crippen LogP contribution is 2.34. The van der Waals surface area contributed by atoms with E-state index in [0.29, 0.717) is 9.68 Å². The molecule has 5 nitrogen and oxygen atoms in total. The Hall–Kier alpha value is -2.81. The molecule has 3 heterocycles. The molecular formula is C21H15N3O2S3. The lowest BCUT2D eigenvalue weighted by Gasteiger charge is -1.99. The van der Waals surface area contributed by atoms with E-state index in [0.717, 1.165) is 36.1 Å². The molecule has 8 heteroatoms. The fourth-order valence-electron chi connectivity index (χ4n) is 3.04. The number of fused-ring (bicyclic) bond motifs is 2. The molecule has 0 atom stereocenters. The van der Waals surface area contributed by atoms with Gasteiger partial charge in [0, 0.05) is 7.05 Å². The van der Waals surface area contributed by atoms with Gasteiger partial charge in [-0.3, -0.25) is 4.79 Å². The first-order valence-electron chi connectivity index (χ1n) is 8.81. The fourth-order valence-corrected chi connectivity index (χ4v) is 5.99. The first-order valence-corrected chi connectivity index (χ1v) is 11.3.